The van der Waals surface area contributed by atoms with Crippen LogP contribution in [-0.4, -0.2) is 5.11 Å². The molecule has 3 rings (SSSR count). The highest BCUT2D eigenvalue weighted by Crippen LogP contribution is 2.33. The molecule has 0 amide bonds. The first-order valence-electron chi connectivity index (χ1n) is 7.36. The molecule has 0 unspecified atom stereocenters. The maximum atomic E-state index is 5.94. The van der Waals surface area contributed by atoms with Crippen LogP contribution >= 0.6 is 35.6 Å². The SMILES string of the molecule is S=C(Nc1ccccc1)Nc1ccccc1Sc1ccc(Cl)cc1. The van der Waals surface area contributed by atoms with Gasteiger partial charge in [0.25, 0.3) is 0 Å². The fourth-order valence-corrected chi connectivity index (χ4v) is 3.35. The summed E-state index contributed by atoms with van der Waals surface area (Å²) in [6.07, 6.45) is 0. The molecule has 3 aromatic carbocycles. The van der Waals surface area contributed by atoms with Crippen LogP contribution in [0.15, 0.2) is 88.7 Å². The summed E-state index contributed by atoms with van der Waals surface area (Å²) >= 11 is 13.0. The monoisotopic (exact) mass is 370 g/mol. The molecule has 0 spiro atoms. The predicted octanol–water partition coefficient (Wildman–Crippen LogP) is 6.30. The first kappa shape index (κ1) is 16.8. The molecular formula is C19H15ClN2S2. The van der Waals surface area contributed by atoms with Crippen molar-refractivity contribution in [2.75, 3.05) is 10.6 Å². The maximum absolute atomic E-state index is 5.94. The van der Waals surface area contributed by atoms with Crippen LogP contribution in [0.4, 0.5) is 11.4 Å². The van der Waals surface area contributed by atoms with E-state index in [0.29, 0.717) is 5.11 Å². The molecule has 0 saturated heterocycles. The Bertz CT molecular complexity index is 820. The topological polar surface area (TPSA) is 24.1 Å². The minimum absolute atomic E-state index is 0.561. The molecule has 0 aliphatic rings. The number of para-hydroxylation sites is 2. The molecule has 0 bridgehead atoms. The number of nitrogens with one attached hydrogen (secondary N) is 2. The van der Waals surface area contributed by atoms with Crippen molar-refractivity contribution in [3.63, 3.8) is 0 Å². The van der Waals surface area contributed by atoms with Gasteiger partial charge in [-0.1, -0.05) is 53.7 Å². The van der Waals surface area contributed by atoms with Gasteiger partial charge in [-0.2, -0.15) is 0 Å². The van der Waals surface area contributed by atoms with Crippen LogP contribution in [-0.2, 0) is 0 Å². The van der Waals surface area contributed by atoms with Gasteiger partial charge in [-0.15, -0.1) is 0 Å². The Morgan fingerprint density at radius 2 is 1.46 bits per heavy atom. The minimum Gasteiger partial charge on any atom is -0.332 e. The molecule has 0 aromatic heterocycles. The maximum Gasteiger partial charge on any atom is 0.175 e. The zero-order valence-electron chi connectivity index (χ0n) is 12.7. The normalized spacial score (nSPS) is 10.2. The Labute approximate surface area is 156 Å². The third-order valence-corrected chi connectivity index (χ3v) is 4.75. The lowest BCUT2D eigenvalue weighted by molar-refractivity contribution is 1.40. The van der Waals surface area contributed by atoms with Crippen molar-refractivity contribution < 1.29 is 0 Å². The molecule has 0 fully saturated rings. The van der Waals surface area contributed by atoms with Gasteiger partial charge in [-0.3, -0.25) is 0 Å². The largest absolute Gasteiger partial charge is 0.332 e. The smallest absolute Gasteiger partial charge is 0.175 e. The van der Waals surface area contributed by atoms with Crippen LogP contribution in [0.5, 0.6) is 0 Å². The molecule has 2 N–H and O–H groups in total. The summed E-state index contributed by atoms with van der Waals surface area (Å²) in [6.45, 7) is 0. The molecule has 3 aromatic rings. The van der Waals surface area contributed by atoms with Crippen molar-refractivity contribution in [1.82, 2.24) is 0 Å². The zero-order chi connectivity index (χ0) is 16.8. The van der Waals surface area contributed by atoms with Gasteiger partial charge < -0.3 is 10.6 Å². The zero-order valence-corrected chi connectivity index (χ0v) is 15.1. The standard InChI is InChI=1S/C19H15ClN2S2/c20-14-10-12-16(13-11-14)24-18-9-5-4-8-17(18)22-19(23)21-15-6-2-1-3-7-15/h1-13H,(H2,21,22,23). The number of benzene rings is 3. The third kappa shape index (κ3) is 4.74. The van der Waals surface area contributed by atoms with E-state index < -0.39 is 0 Å². The van der Waals surface area contributed by atoms with E-state index in [1.54, 1.807) is 11.8 Å². The Morgan fingerprint density at radius 1 is 0.792 bits per heavy atom. The number of halogens is 1. The molecule has 0 aliphatic carbocycles. The molecule has 0 aliphatic heterocycles. The lowest BCUT2D eigenvalue weighted by atomic mass is 10.3. The molecule has 120 valence electrons. The first-order valence-corrected chi connectivity index (χ1v) is 8.96. The van der Waals surface area contributed by atoms with Gasteiger partial charge in [0.2, 0.25) is 0 Å². The van der Waals surface area contributed by atoms with Gasteiger partial charge in [-0.05, 0) is 60.7 Å². The lowest BCUT2D eigenvalue weighted by Gasteiger charge is -2.14. The molecule has 0 heterocycles. The second kappa shape index (κ2) is 8.20. The average molecular weight is 371 g/mol. The highest BCUT2D eigenvalue weighted by Gasteiger charge is 2.06. The Morgan fingerprint density at radius 3 is 2.21 bits per heavy atom. The molecule has 0 saturated carbocycles. The van der Waals surface area contributed by atoms with Crippen molar-refractivity contribution in [3.05, 3.63) is 83.9 Å². The highest BCUT2D eigenvalue weighted by molar-refractivity contribution is 7.99. The van der Waals surface area contributed by atoms with Gasteiger partial charge in [0.1, 0.15) is 0 Å². The van der Waals surface area contributed by atoms with Crippen molar-refractivity contribution in [2.45, 2.75) is 9.79 Å². The number of hydrogen-bond acceptors (Lipinski definition) is 2. The molecule has 0 radical (unpaired) electrons. The van der Waals surface area contributed by atoms with Crippen molar-refractivity contribution in [3.8, 4) is 0 Å². The number of thiocarbonyl (C=S) groups is 1. The van der Waals surface area contributed by atoms with E-state index in [0.717, 1.165) is 26.2 Å². The van der Waals surface area contributed by atoms with Gasteiger partial charge in [0, 0.05) is 20.5 Å². The highest BCUT2D eigenvalue weighted by atomic mass is 35.5. The number of anilines is 2. The third-order valence-electron chi connectivity index (χ3n) is 3.21. The summed E-state index contributed by atoms with van der Waals surface area (Å²) in [5.41, 5.74) is 1.92. The summed E-state index contributed by atoms with van der Waals surface area (Å²) in [5.74, 6) is 0. The van der Waals surface area contributed by atoms with Gasteiger partial charge in [0.05, 0.1) is 5.69 Å². The van der Waals surface area contributed by atoms with Crippen LogP contribution in [0.3, 0.4) is 0 Å². The van der Waals surface area contributed by atoms with E-state index in [4.69, 9.17) is 23.8 Å². The summed E-state index contributed by atoms with van der Waals surface area (Å²) in [4.78, 5) is 2.22. The lowest BCUT2D eigenvalue weighted by Crippen LogP contribution is -2.19. The van der Waals surface area contributed by atoms with Crippen LogP contribution in [0.25, 0.3) is 0 Å². The van der Waals surface area contributed by atoms with Gasteiger partial charge in [-0.25, -0.2) is 0 Å². The molecular weight excluding hydrogens is 356 g/mol. The van der Waals surface area contributed by atoms with E-state index in [2.05, 4.69) is 16.7 Å². The van der Waals surface area contributed by atoms with Gasteiger partial charge >= 0.3 is 0 Å². The quantitative estimate of drug-likeness (QED) is 0.526. The van der Waals surface area contributed by atoms with Crippen molar-refractivity contribution >= 4 is 52.1 Å². The molecule has 2 nitrogen and oxygen atoms in total. The molecule has 24 heavy (non-hydrogen) atoms. The fraction of sp³-hybridized carbons (Fsp3) is 0. The Hall–Kier alpha value is -2.01. The van der Waals surface area contributed by atoms with E-state index in [-0.39, 0.29) is 0 Å². The fourth-order valence-electron chi connectivity index (χ4n) is 2.09. The van der Waals surface area contributed by atoms with E-state index in [1.165, 1.54) is 0 Å². The van der Waals surface area contributed by atoms with Gasteiger partial charge in [0.15, 0.2) is 5.11 Å². The van der Waals surface area contributed by atoms with Crippen LogP contribution in [0.2, 0.25) is 5.02 Å². The van der Waals surface area contributed by atoms with E-state index in [1.807, 2.05) is 72.8 Å². The van der Waals surface area contributed by atoms with E-state index >= 15 is 0 Å². The Balaban J connectivity index is 1.71. The summed E-state index contributed by atoms with van der Waals surface area (Å²) in [7, 11) is 0. The van der Waals surface area contributed by atoms with Crippen LogP contribution in [0.1, 0.15) is 0 Å². The van der Waals surface area contributed by atoms with Crippen molar-refractivity contribution in [1.29, 1.82) is 0 Å². The summed E-state index contributed by atoms with van der Waals surface area (Å²) in [6, 6.07) is 25.7. The second-order valence-corrected chi connectivity index (χ2v) is 6.96. The minimum atomic E-state index is 0.561. The van der Waals surface area contributed by atoms with Crippen LogP contribution in [0, 0.1) is 0 Å². The van der Waals surface area contributed by atoms with Crippen molar-refractivity contribution in [2.24, 2.45) is 0 Å². The first-order chi connectivity index (χ1) is 11.7. The average Bonchev–Trinajstić information content (AvgIpc) is 2.59. The number of hydrogen-bond donors (Lipinski definition) is 2. The van der Waals surface area contributed by atoms with Crippen LogP contribution < -0.4 is 10.6 Å². The Kier molecular flexibility index (Phi) is 5.75. The second-order valence-electron chi connectivity index (χ2n) is 5.00. The summed E-state index contributed by atoms with van der Waals surface area (Å²) in [5, 5.41) is 7.74. The van der Waals surface area contributed by atoms with E-state index in [9.17, 15) is 0 Å². The molecule has 0 atom stereocenters. The number of rotatable bonds is 4. The predicted molar refractivity (Wildman–Crippen MR) is 108 cm³/mol. The summed E-state index contributed by atoms with van der Waals surface area (Å²) < 4.78 is 0. The molecule has 5 heteroatoms.